The largest absolute Gasteiger partial charge is 0.366 e. The summed E-state index contributed by atoms with van der Waals surface area (Å²) in [6.07, 6.45) is 1.73. The number of halogens is 2. The average molecular weight is 597 g/mol. The Hall–Kier alpha value is -3.97. The van der Waals surface area contributed by atoms with Crippen molar-refractivity contribution in [3.63, 3.8) is 0 Å². The van der Waals surface area contributed by atoms with Crippen molar-refractivity contribution in [3.05, 3.63) is 53.2 Å². The first-order valence-electron chi connectivity index (χ1n) is 14.0. The Morgan fingerprint density at radius 3 is 2.62 bits per heavy atom. The highest BCUT2D eigenvalue weighted by atomic mass is 32.1. The molecule has 0 saturated carbocycles. The summed E-state index contributed by atoms with van der Waals surface area (Å²) in [6.45, 7) is 7.58. The number of fused-ring (bicyclic) bond motifs is 1. The molecule has 4 aromatic rings. The molecule has 10 nitrogen and oxygen atoms in total. The topological polar surface area (TPSA) is 122 Å². The molecule has 13 heteroatoms. The van der Waals surface area contributed by atoms with Crippen LogP contribution in [0.15, 0.2) is 42.0 Å². The molecule has 4 aromatic heterocycles. The molecule has 2 amide bonds. The average Bonchev–Trinajstić information content (AvgIpc) is 3.63. The number of hydrogen-bond donors (Lipinski definition) is 2. The van der Waals surface area contributed by atoms with Crippen LogP contribution in [0.3, 0.4) is 0 Å². The summed E-state index contributed by atoms with van der Waals surface area (Å²) in [5.41, 5.74) is 9.24. The second kappa shape index (κ2) is 12.5. The smallest absolute Gasteiger partial charge is 0.255 e. The van der Waals surface area contributed by atoms with E-state index in [-0.39, 0.29) is 6.04 Å². The highest BCUT2D eigenvalue weighted by molar-refractivity contribution is 7.13. The molecule has 1 aliphatic heterocycles. The van der Waals surface area contributed by atoms with E-state index in [0.717, 1.165) is 23.7 Å². The fourth-order valence-corrected chi connectivity index (χ4v) is 6.14. The third-order valence-corrected chi connectivity index (χ3v) is 8.64. The van der Waals surface area contributed by atoms with Gasteiger partial charge in [0.1, 0.15) is 11.9 Å². The number of carbonyl (C=O) groups excluding carboxylic acids is 2. The van der Waals surface area contributed by atoms with Crippen LogP contribution in [0.25, 0.3) is 27.5 Å². The number of nitrogens with one attached hydrogen (secondary N) is 1. The lowest BCUT2D eigenvalue weighted by Gasteiger charge is -2.42. The molecule has 0 aliphatic carbocycles. The fourth-order valence-electron chi connectivity index (χ4n) is 5.45. The number of alkyl halides is 2. The van der Waals surface area contributed by atoms with Gasteiger partial charge in [-0.1, -0.05) is 19.9 Å². The molecule has 42 heavy (non-hydrogen) atoms. The van der Waals surface area contributed by atoms with Gasteiger partial charge in [-0.2, -0.15) is 5.10 Å². The number of thiophene rings is 1. The number of likely N-dealkylation sites (N-methyl/N-ethyl adjacent to an activating group) is 1. The molecule has 2 atom stereocenters. The van der Waals surface area contributed by atoms with Gasteiger partial charge in [-0.05, 0) is 56.4 Å². The number of anilines is 1. The second-order valence-corrected chi connectivity index (χ2v) is 11.2. The minimum absolute atomic E-state index is 0.0453. The molecule has 3 N–H and O–H groups in total. The molecule has 5 heterocycles. The van der Waals surface area contributed by atoms with E-state index in [1.807, 2.05) is 29.8 Å². The van der Waals surface area contributed by atoms with E-state index in [4.69, 9.17) is 15.7 Å². The van der Waals surface area contributed by atoms with Gasteiger partial charge in [-0.15, -0.1) is 11.3 Å². The first kappa shape index (κ1) is 29.5. The van der Waals surface area contributed by atoms with Crippen molar-refractivity contribution < 1.29 is 18.4 Å². The van der Waals surface area contributed by atoms with E-state index in [2.05, 4.69) is 36.1 Å². The predicted octanol–water partition coefficient (Wildman–Crippen LogP) is 3.85. The maximum absolute atomic E-state index is 12.9. The lowest BCUT2D eigenvalue weighted by atomic mass is 9.94. The highest BCUT2D eigenvalue weighted by Gasteiger charge is 2.38. The molecule has 0 radical (unpaired) electrons. The van der Waals surface area contributed by atoms with Gasteiger partial charge in [0.25, 0.3) is 6.43 Å². The van der Waals surface area contributed by atoms with Crippen molar-refractivity contribution in [3.8, 4) is 21.8 Å². The number of primary amides is 1. The van der Waals surface area contributed by atoms with Crippen molar-refractivity contribution in [2.75, 3.05) is 31.1 Å². The van der Waals surface area contributed by atoms with E-state index >= 15 is 0 Å². The number of nitrogens with two attached hydrogens (primary N) is 1. The highest BCUT2D eigenvalue weighted by Crippen LogP contribution is 2.36. The summed E-state index contributed by atoms with van der Waals surface area (Å²) in [7, 11) is 0. The van der Waals surface area contributed by atoms with E-state index in [0.29, 0.717) is 53.2 Å². The van der Waals surface area contributed by atoms with Gasteiger partial charge in [0.2, 0.25) is 11.8 Å². The number of rotatable bonds is 12. The van der Waals surface area contributed by atoms with Crippen LogP contribution in [0.4, 0.5) is 14.6 Å². The maximum Gasteiger partial charge on any atom is 0.255 e. The van der Waals surface area contributed by atoms with Crippen LogP contribution in [-0.2, 0) is 11.2 Å². The van der Waals surface area contributed by atoms with E-state index in [1.54, 1.807) is 33.0 Å². The van der Waals surface area contributed by atoms with E-state index in [1.165, 1.54) is 0 Å². The molecule has 1 fully saturated rings. The number of aromatic nitrogens is 4. The standard InChI is InChI=1S/C29H34F2N8O2S/c1-4-37(5-2)17(3)13-19-18(26(32)40)14-22(36-27(19)38-10-9-23(38)29(41)33-16-25(30)31)20-15-34-39-11-8-21(35-28(20)39)24-7-6-12-42-24/h6-8,11-12,14-15,17,23,25H,4-5,9-10,13,16H2,1-3H3,(H2,32,40)(H,33,41)/t17-,23-/m0/s1. The van der Waals surface area contributed by atoms with Crippen LogP contribution in [0.5, 0.6) is 0 Å². The van der Waals surface area contributed by atoms with Gasteiger partial charge < -0.3 is 20.9 Å². The van der Waals surface area contributed by atoms with Crippen LogP contribution in [-0.4, -0.2) is 81.0 Å². The molecular weight excluding hydrogens is 562 g/mol. The molecule has 0 spiro atoms. The van der Waals surface area contributed by atoms with E-state index < -0.39 is 30.8 Å². The van der Waals surface area contributed by atoms with Gasteiger partial charge in [0, 0.05) is 29.9 Å². The van der Waals surface area contributed by atoms with Crippen LogP contribution < -0.4 is 16.0 Å². The Balaban J connectivity index is 1.63. The Kier molecular flexibility index (Phi) is 8.78. The first-order chi connectivity index (χ1) is 20.2. The third kappa shape index (κ3) is 5.84. The van der Waals surface area contributed by atoms with Gasteiger partial charge in [-0.3, -0.25) is 9.59 Å². The van der Waals surface area contributed by atoms with Crippen molar-refractivity contribution in [2.45, 2.75) is 52.1 Å². The minimum atomic E-state index is -2.65. The summed E-state index contributed by atoms with van der Waals surface area (Å²) in [4.78, 5) is 40.7. The Bertz CT molecular complexity index is 1570. The Labute approximate surface area is 246 Å². The molecule has 0 bridgehead atoms. The third-order valence-electron chi connectivity index (χ3n) is 7.75. The molecule has 0 unspecified atom stereocenters. The van der Waals surface area contributed by atoms with Crippen LogP contribution >= 0.6 is 11.3 Å². The minimum Gasteiger partial charge on any atom is -0.366 e. The van der Waals surface area contributed by atoms with Gasteiger partial charge in [-0.25, -0.2) is 23.3 Å². The van der Waals surface area contributed by atoms with E-state index in [9.17, 15) is 18.4 Å². The van der Waals surface area contributed by atoms with Crippen LogP contribution in [0.2, 0.25) is 0 Å². The quantitative estimate of drug-likeness (QED) is 0.255. The molecule has 5 rings (SSSR count). The summed E-state index contributed by atoms with van der Waals surface area (Å²) in [5, 5.41) is 8.75. The van der Waals surface area contributed by atoms with Crippen molar-refractivity contribution >= 4 is 34.6 Å². The predicted molar refractivity (Wildman–Crippen MR) is 159 cm³/mol. The zero-order valence-electron chi connectivity index (χ0n) is 23.8. The second-order valence-electron chi connectivity index (χ2n) is 10.2. The van der Waals surface area contributed by atoms with Crippen molar-refractivity contribution in [2.24, 2.45) is 5.73 Å². The number of amides is 2. The van der Waals surface area contributed by atoms with Gasteiger partial charge >= 0.3 is 0 Å². The summed E-state index contributed by atoms with van der Waals surface area (Å²) < 4.78 is 27.3. The molecular formula is C29H34F2N8O2S. The fraction of sp³-hybridized carbons (Fsp3) is 0.414. The monoisotopic (exact) mass is 596 g/mol. The molecule has 222 valence electrons. The van der Waals surface area contributed by atoms with Crippen molar-refractivity contribution in [1.29, 1.82) is 0 Å². The SMILES string of the molecule is CCN(CC)[C@@H](C)Cc1c(C(N)=O)cc(-c2cnn3ccc(-c4cccs4)nc23)nc1N1CC[C@H]1C(=O)NCC(F)F. The molecule has 0 aromatic carbocycles. The van der Waals surface area contributed by atoms with Crippen LogP contribution in [0, 0.1) is 0 Å². The number of nitrogens with zero attached hydrogens (tertiary/aromatic N) is 6. The molecule has 1 aliphatic rings. The number of pyridine rings is 1. The zero-order chi connectivity index (χ0) is 30.0. The summed E-state index contributed by atoms with van der Waals surface area (Å²) in [6, 6.07) is 6.83. The summed E-state index contributed by atoms with van der Waals surface area (Å²) >= 11 is 1.57. The summed E-state index contributed by atoms with van der Waals surface area (Å²) in [5.74, 6) is -0.683. The zero-order valence-corrected chi connectivity index (χ0v) is 24.6. The number of carbonyl (C=O) groups is 2. The number of hydrogen-bond acceptors (Lipinski definition) is 8. The lowest BCUT2D eigenvalue weighted by molar-refractivity contribution is -0.124. The first-order valence-corrected chi connectivity index (χ1v) is 14.9. The van der Waals surface area contributed by atoms with Gasteiger partial charge in [0.15, 0.2) is 5.65 Å². The van der Waals surface area contributed by atoms with Crippen LogP contribution in [0.1, 0.15) is 43.1 Å². The van der Waals surface area contributed by atoms with Gasteiger partial charge in [0.05, 0.1) is 34.6 Å². The lowest BCUT2D eigenvalue weighted by Crippen LogP contribution is -2.57. The maximum atomic E-state index is 12.9. The van der Waals surface area contributed by atoms with Crippen molar-refractivity contribution in [1.82, 2.24) is 29.8 Å². The molecule has 1 saturated heterocycles. The normalized spacial score (nSPS) is 15.8. The Morgan fingerprint density at radius 1 is 1.21 bits per heavy atom. The Morgan fingerprint density at radius 2 is 2.00 bits per heavy atom.